The van der Waals surface area contributed by atoms with Gasteiger partial charge in [0.05, 0.1) is 12.6 Å². The highest BCUT2D eigenvalue weighted by molar-refractivity contribution is 6.30. The average molecular weight is 422 g/mol. The maximum absolute atomic E-state index is 13.4. The van der Waals surface area contributed by atoms with Crippen LogP contribution in [0.4, 0.5) is 0 Å². The van der Waals surface area contributed by atoms with Crippen molar-refractivity contribution in [2.45, 2.75) is 32.4 Å². The van der Waals surface area contributed by atoms with Crippen LogP contribution in [0.2, 0.25) is 5.02 Å². The number of para-hydroxylation sites is 1. The van der Waals surface area contributed by atoms with Crippen LogP contribution in [0, 0.1) is 5.92 Å². The lowest BCUT2D eigenvalue weighted by Crippen LogP contribution is -2.63. The van der Waals surface area contributed by atoms with Gasteiger partial charge in [-0.25, -0.2) is 0 Å². The number of nitrogens with one attached hydrogen (secondary N) is 1. The smallest absolute Gasteiger partial charge is 0.246 e. The molecule has 2 aliphatic rings. The van der Waals surface area contributed by atoms with Gasteiger partial charge in [-0.05, 0) is 35.2 Å². The monoisotopic (exact) mass is 421 g/mol. The maximum atomic E-state index is 13.4. The molecule has 0 spiro atoms. The van der Waals surface area contributed by atoms with Crippen molar-refractivity contribution in [3.05, 3.63) is 70.4 Å². The average Bonchev–Trinajstić information content (AvgIpc) is 3.09. The lowest BCUT2D eigenvalue weighted by atomic mass is 9.86. The van der Waals surface area contributed by atoms with Crippen LogP contribution in [0.5, 0.6) is 0 Å². The summed E-state index contributed by atoms with van der Waals surface area (Å²) in [6.45, 7) is 4.87. The molecule has 154 valence electrons. The molecule has 0 radical (unpaired) electrons. The van der Waals surface area contributed by atoms with Crippen molar-refractivity contribution in [3.63, 3.8) is 0 Å². The fraction of sp³-hybridized carbons (Fsp3) is 0.333. The molecule has 2 aliphatic heterocycles. The number of amides is 2. The summed E-state index contributed by atoms with van der Waals surface area (Å²) in [6, 6.07) is 14.9. The van der Waals surface area contributed by atoms with Crippen LogP contribution < -0.4 is 0 Å². The highest BCUT2D eigenvalue weighted by Crippen LogP contribution is 2.42. The second kappa shape index (κ2) is 7.17. The Kier molecular flexibility index (Phi) is 4.58. The Morgan fingerprint density at radius 1 is 1.10 bits per heavy atom. The fourth-order valence-corrected chi connectivity index (χ4v) is 5.04. The highest BCUT2D eigenvalue weighted by atomic mass is 35.5. The summed E-state index contributed by atoms with van der Waals surface area (Å²) < 4.78 is 0. The van der Waals surface area contributed by atoms with E-state index in [1.807, 2.05) is 42.5 Å². The van der Waals surface area contributed by atoms with E-state index in [9.17, 15) is 9.59 Å². The van der Waals surface area contributed by atoms with E-state index in [1.54, 1.807) is 9.80 Å². The van der Waals surface area contributed by atoms with Gasteiger partial charge in [0.1, 0.15) is 6.04 Å². The summed E-state index contributed by atoms with van der Waals surface area (Å²) in [5.74, 6) is 0.343. The van der Waals surface area contributed by atoms with Crippen LogP contribution >= 0.6 is 11.6 Å². The first-order valence-electron chi connectivity index (χ1n) is 10.4. The van der Waals surface area contributed by atoms with E-state index in [0.717, 1.165) is 27.7 Å². The summed E-state index contributed by atoms with van der Waals surface area (Å²) in [5, 5.41) is 1.76. The van der Waals surface area contributed by atoms with E-state index in [4.69, 9.17) is 11.6 Å². The van der Waals surface area contributed by atoms with E-state index < -0.39 is 6.04 Å². The molecule has 0 unspecified atom stereocenters. The minimum Gasteiger partial charge on any atom is -0.356 e. The van der Waals surface area contributed by atoms with Crippen LogP contribution in [-0.2, 0) is 16.0 Å². The van der Waals surface area contributed by atoms with Crippen LogP contribution in [0.1, 0.15) is 36.7 Å². The summed E-state index contributed by atoms with van der Waals surface area (Å²) in [7, 11) is 0. The van der Waals surface area contributed by atoms with Crippen molar-refractivity contribution in [2.75, 3.05) is 13.1 Å². The number of halogens is 1. The summed E-state index contributed by atoms with van der Waals surface area (Å²) >= 11 is 6.12. The minimum absolute atomic E-state index is 0.00972. The number of aromatic nitrogens is 1. The zero-order chi connectivity index (χ0) is 21.0. The van der Waals surface area contributed by atoms with E-state index >= 15 is 0 Å². The Balaban J connectivity index is 1.68. The minimum atomic E-state index is -0.489. The molecule has 1 N–H and O–H groups in total. The van der Waals surface area contributed by atoms with Crippen molar-refractivity contribution in [2.24, 2.45) is 5.92 Å². The molecule has 5 rings (SSSR count). The van der Waals surface area contributed by atoms with Gasteiger partial charge >= 0.3 is 0 Å². The molecule has 1 fully saturated rings. The van der Waals surface area contributed by atoms with Gasteiger partial charge in [0, 0.05) is 34.6 Å². The summed E-state index contributed by atoms with van der Waals surface area (Å²) in [6.07, 6.45) is 0.530. The lowest BCUT2D eigenvalue weighted by Gasteiger charge is -2.47. The lowest BCUT2D eigenvalue weighted by molar-refractivity contribution is -0.159. The number of carbonyl (C=O) groups excluding carboxylic acids is 2. The van der Waals surface area contributed by atoms with E-state index in [-0.39, 0.29) is 24.4 Å². The molecule has 30 heavy (non-hydrogen) atoms. The predicted octanol–water partition coefficient (Wildman–Crippen LogP) is 4.16. The zero-order valence-corrected chi connectivity index (χ0v) is 17.8. The molecule has 1 aromatic heterocycles. The molecular weight excluding hydrogens is 398 g/mol. The molecule has 2 aromatic carbocycles. The van der Waals surface area contributed by atoms with E-state index in [1.165, 1.54) is 0 Å². The third kappa shape index (κ3) is 3.00. The molecule has 0 saturated carbocycles. The van der Waals surface area contributed by atoms with Gasteiger partial charge in [-0.15, -0.1) is 0 Å². The Morgan fingerprint density at radius 3 is 2.57 bits per heavy atom. The predicted molar refractivity (Wildman–Crippen MR) is 117 cm³/mol. The van der Waals surface area contributed by atoms with Gasteiger partial charge < -0.3 is 14.8 Å². The van der Waals surface area contributed by atoms with Crippen molar-refractivity contribution in [3.8, 4) is 0 Å². The first-order chi connectivity index (χ1) is 14.4. The Morgan fingerprint density at radius 2 is 1.83 bits per heavy atom. The summed E-state index contributed by atoms with van der Waals surface area (Å²) in [4.78, 5) is 33.8. The molecule has 5 nitrogen and oxygen atoms in total. The van der Waals surface area contributed by atoms with Gasteiger partial charge in [-0.2, -0.15) is 0 Å². The molecule has 2 atom stereocenters. The second-order valence-electron chi connectivity index (χ2n) is 8.65. The van der Waals surface area contributed by atoms with Gasteiger partial charge in [0.2, 0.25) is 11.8 Å². The third-order valence-corrected chi connectivity index (χ3v) is 6.37. The fourth-order valence-electron chi connectivity index (χ4n) is 4.91. The van der Waals surface area contributed by atoms with Crippen molar-refractivity contribution in [1.29, 1.82) is 0 Å². The molecule has 0 bridgehead atoms. The number of H-pyrrole nitrogens is 1. The SMILES string of the molecule is CC(C)CN1CC(=O)N2[C@@H](c3ccc(Cl)cc3)c3[nH]c4ccccc4c3C[C@H]2C1=O. The van der Waals surface area contributed by atoms with Crippen LogP contribution in [0.3, 0.4) is 0 Å². The van der Waals surface area contributed by atoms with E-state index in [2.05, 4.69) is 24.9 Å². The third-order valence-electron chi connectivity index (χ3n) is 6.11. The number of fused-ring (bicyclic) bond motifs is 4. The van der Waals surface area contributed by atoms with E-state index in [0.29, 0.717) is 23.9 Å². The topological polar surface area (TPSA) is 56.4 Å². The quantitative estimate of drug-likeness (QED) is 0.690. The second-order valence-corrected chi connectivity index (χ2v) is 9.09. The Bertz CT molecular complexity index is 1140. The standard InChI is InChI=1S/C24H24ClN3O2/c1-14(2)12-27-13-21(29)28-20(24(27)30)11-18-17-5-3-4-6-19(17)26-22(18)23(28)15-7-9-16(25)10-8-15/h3-10,14,20,23,26H,11-13H2,1-2H3/t20-,23-/m0/s1. The normalized spacial score (nSPS) is 21.3. The van der Waals surface area contributed by atoms with Crippen LogP contribution in [0.25, 0.3) is 10.9 Å². The Hall–Kier alpha value is -2.79. The first kappa shape index (κ1) is 19.2. The van der Waals surface area contributed by atoms with Gasteiger partial charge in [0.15, 0.2) is 0 Å². The zero-order valence-electron chi connectivity index (χ0n) is 17.1. The molecule has 3 aromatic rings. The number of piperazine rings is 1. The van der Waals surface area contributed by atoms with Crippen LogP contribution in [-0.4, -0.2) is 45.7 Å². The van der Waals surface area contributed by atoms with Crippen molar-refractivity contribution in [1.82, 2.24) is 14.8 Å². The Labute approximate surface area is 180 Å². The largest absolute Gasteiger partial charge is 0.356 e. The highest BCUT2D eigenvalue weighted by Gasteiger charge is 2.48. The molecule has 0 aliphatic carbocycles. The van der Waals surface area contributed by atoms with Crippen molar-refractivity contribution < 1.29 is 9.59 Å². The molecule has 2 amide bonds. The number of benzene rings is 2. The van der Waals surface area contributed by atoms with Crippen molar-refractivity contribution >= 4 is 34.3 Å². The maximum Gasteiger partial charge on any atom is 0.246 e. The number of hydrogen-bond donors (Lipinski definition) is 1. The van der Waals surface area contributed by atoms with Crippen LogP contribution in [0.15, 0.2) is 48.5 Å². The molecule has 3 heterocycles. The number of nitrogens with zero attached hydrogens (tertiary/aromatic N) is 2. The van der Waals surface area contributed by atoms with Gasteiger partial charge in [0.25, 0.3) is 0 Å². The number of aromatic amines is 1. The number of carbonyl (C=O) groups is 2. The number of rotatable bonds is 3. The van der Waals surface area contributed by atoms with Gasteiger partial charge in [-0.3, -0.25) is 9.59 Å². The summed E-state index contributed by atoms with van der Waals surface area (Å²) in [5.41, 5.74) is 4.10. The van der Waals surface area contributed by atoms with Gasteiger partial charge in [-0.1, -0.05) is 55.8 Å². The number of hydrogen-bond acceptors (Lipinski definition) is 2. The molecule has 6 heteroatoms. The molecule has 1 saturated heterocycles. The first-order valence-corrected chi connectivity index (χ1v) is 10.8. The molecular formula is C24H24ClN3O2.